The zero-order valence-electron chi connectivity index (χ0n) is 10.4. The quantitative estimate of drug-likeness (QED) is 0.792. The van der Waals surface area contributed by atoms with E-state index in [1.807, 2.05) is 31.2 Å². The SMILES string of the molecule is Cc1ccnc2c1C(=O)CC(c1cccc(Cl)c1)=N2. The van der Waals surface area contributed by atoms with Gasteiger partial charge in [0, 0.05) is 11.2 Å². The Morgan fingerprint density at radius 3 is 2.89 bits per heavy atom. The first-order valence-electron chi connectivity index (χ1n) is 5.97. The molecule has 1 aromatic carbocycles. The molecule has 0 bridgehead atoms. The van der Waals surface area contributed by atoms with E-state index < -0.39 is 0 Å². The lowest BCUT2D eigenvalue weighted by molar-refractivity contribution is 0.0999. The zero-order chi connectivity index (χ0) is 13.4. The van der Waals surface area contributed by atoms with E-state index in [1.165, 1.54) is 0 Å². The number of aliphatic imine (C=N–C) groups is 1. The molecule has 0 radical (unpaired) electrons. The lowest BCUT2D eigenvalue weighted by atomic mass is 9.95. The average Bonchev–Trinajstić information content (AvgIpc) is 2.38. The minimum atomic E-state index is 0.0607. The van der Waals surface area contributed by atoms with Gasteiger partial charge in [0.1, 0.15) is 0 Å². The largest absolute Gasteiger partial charge is 0.294 e. The number of ketones is 1. The number of nitrogens with zero attached hydrogens (tertiary/aromatic N) is 2. The van der Waals surface area contributed by atoms with E-state index in [0.29, 0.717) is 22.8 Å². The molecule has 1 aliphatic heterocycles. The molecule has 1 aromatic heterocycles. The fraction of sp³-hybridized carbons (Fsp3) is 0.133. The molecule has 4 heteroatoms. The zero-order valence-corrected chi connectivity index (χ0v) is 11.1. The van der Waals surface area contributed by atoms with Gasteiger partial charge in [-0.1, -0.05) is 23.7 Å². The molecule has 2 heterocycles. The molecule has 0 aliphatic carbocycles. The monoisotopic (exact) mass is 270 g/mol. The molecular weight excluding hydrogens is 260 g/mol. The lowest BCUT2D eigenvalue weighted by Crippen LogP contribution is -2.16. The number of carbonyl (C=O) groups excluding carboxylic acids is 1. The van der Waals surface area contributed by atoms with Gasteiger partial charge in [-0.25, -0.2) is 9.98 Å². The summed E-state index contributed by atoms with van der Waals surface area (Å²) in [5, 5.41) is 0.635. The molecule has 0 atom stereocenters. The van der Waals surface area contributed by atoms with Crippen LogP contribution in [0.25, 0.3) is 0 Å². The highest BCUT2D eigenvalue weighted by atomic mass is 35.5. The molecule has 0 N–H and O–H groups in total. The molecule has 94 valence electrons. The van der Waals surface area contributed by atoms with E-state index in [2.05, 4.69) is 9.98 Å². The third-order valence-corrected chi connectivity index (χ3v) is 3.38. The predicted octanol–water partition coefficient (Wildman–Crippen LogP) is 3.75. The molecule has 3 rings (SSSR count). The first kappa shape index (κ1) is 12.1. The Bertz CT molecular complexity index is 707. The summed E-state index contributed by atoms with van der Waals surface area (Å²) >= 11 is 5.97. The van der Waals surface area contributed by atoms with E-state index >= 15 is 0 Å². The summed E-state index contributed by atoms with van der Waals surface area (Å²) in [6.45, 7) is 1.90. The molecule has 19 heavy (non-hydrogen) atoms. The highest BCUT2D eigenvalue weighted by Crippen LogP contribution is 2.28. The standard InChI is InChI=1S/C15H11ClN2O/c1-9-5-6-17-15-14(9)13(19)8-12(18-15)10-3-2-4-11(16)7-10/h2-7H,8H2,1H3. The summed E-state index contributed by atoms with van der Waals surface area (Å²) < 4.78 is 0. The van der Waals surface area contributed by atoms with E-state index in [4.69, 9.17) is 11.6 Å². The fourth-order valence-corrected chi connectivity index (χ4v) is 2.41. The molecule has 0 amide bonds. The molecule has 0 unspecified atom stereocenters. The van der Waals surface area contributed by atoms with Crippen LogP contribution in [-0.4, -0.2) is 16.5 Å². The molecule has 0 saturated carbocycles. The minimum absolute atomic E-state index is 0.0607. The number of fused-ring (bicyclic) bond motifs is 1. The lowest BCUT2D eigenvalue weighted by Gasteiger charge is -2.15. The van der Waals surface area contributed by atoms with Crippen molar-refractivity contribution in [3.05, 3.63) is 58.2 Å². The normalized spacial score (nSPS) is 14.0. The predicted molar refractivity (Wildman–Crippen MR) is 75.6 cm³/mol. The minimum Gasteiger partial charge on any atom is -0.294 e. The third-order valence-electron chi connectivity index (χ3n) is 3.14. The summed E-state index contributed by atoms with van der Waals surface area (Å²) in [7, 11) is 0. The van der Waals surface area contributed by atoms with Crippen LogP contribution in [-0.2, 0) is 0 Å². The van der Waals surface area contributed by atoms with Crippen LogP contribution in [0.4, 0.5) is 5.82 Å². The van der Waals surface area contributed by atoms with Gasteiger partial charge in [0.05, 0.1) is 17.7 Å². The van der Waals surface area contributed by atoms with Crippen molar-refractivity contribution in [2.24, 2.45) is 4.99 Å². The van der Waals surface area contributed by atoms with Gasteiger partial charge in [0.2, 0.25) is 0 Å². The molecule has 3 nitrogen and oxygen atoms in total. The second-order valence-electron chi connectivity index (χ2n) is 4.50. The van der Waals surface area contributed by atoms with Gasteiger partial charge in [-0.15, -0.1) is 0 Å². The van der Waals surface area contributed by atoms with Gasteiger partial charge in [-0.3, -0.25) is 4.79 Å². The van der Waals surface area contributed by atoms with Crippen molar-refractivity contribution in [1.82, 2.24) is 4.98 Å². The number of Topliss-reactive ketones (excluding diaryl/α,β-unsaturated/α-hetero) is 1. The molecule has 0 spiro atoms. The van der Waals surface area contributed by atoms with Gasteiger partial charge < -0.3 is 0 Å². The number of hydrogen-bond acceptors (Lipinski definition) is 3. The van der Waals surface area contributed by atoms with Gasteiger partial charge in [0.25, 0.3) is 0 Å². The van der Waals surface area contributed by atoms with Gasteiger partial charge in [0.15, 0.2) is 11.6 Å². The van der Waals surface area contributed by atoms with Crippen molar-refractivity contribution in [2.75, 3.05) is 0 Å². The number of aromatic nitrogens is 1. The fourth-order valence-electron chi connectivity index (χ4n) is 2.22. The highest BCUT2D eigenvalue weighted by molar-refractivity contribution is 6.31. The van der Waals surface area contributed by atoms with Crippen LogP contribution >= 0.6 is 11.6 Å². The third kappa shape index (κ3) is 2.17. The van der Waals surface area contributed by atoms with Gasteiger partial charge in [-0.05, 0) is 36.2 Å². The van der Waals surface area contributed by atoms with Crippen LogP contribution < -0.4 is 0 Å². The number of hydrogen-bond donors (Lipinski definition) is 0. The average molecular weight is 271 g/mol. The second kappa shape index (κ2) is 4.59. The summed E-state index contributed by atoms with van der Waals surface area (Å²) in [6.07, 6.45) is 1.96. The van der Waals surface area contributed by atoms with Crippen molar-refractivity contribution in [1.29, 1.82) is 0 Å². The first-order valence-corrected chi connectivity index (χ1v) is 6.35. The number of rotatable bonds is 1. The Morgan fingerprint density at radius 1 is 1.26 bits per heavy atom. The van der Waals surface area contributed by atoms with Crippen LogP contribution in [0.5, 0.6) is 0 Å². The van der Waals surface area contributed by atoms with Crippen LogP contribution in [0.3, 0.4) is 0 Å². The Balaban J connectivity index is 2.14. The van der Waals surface area contributed by atoms with E-state index in [0.717, 1.165) is 16.8 Å². The van der Waals surface area contributed by atoms with E-state index in [1.54, 1.807) is 12.3 Å². The maximum absolute atomic E-state index is 12.2. The highest BCUT2D eigenvalue weighted by Gasteiger charge is 2.23. The topological polar surface area (TPSA) is 42.3 Å². The van der Waals surface area contributed by atoms with Gasteiger partial charge in [-0.2, -0.15) is 0 Å². The maximum atomic E-state index is 12.2. The molecule has 0 fully saturated rings. The van der Waals surface area contributed by atoms with Crippen LogP contribution in [0.2, 0.25) is 5.02 Å². The number of halogens is 1. The van der Waals surface area contributed by atoms with E-state index in [-0.39, 0.29) is 5.78 Å². The summed E-state index contributed by atoms with van der Waals surface area (Å²) in [4.78, 5) is 20.9. The Hall–Kier alpha value is -2.00. The Morgan fingerprint density at radius 2 is 2.11 bits per heavy atom. The van der Waals surface area contributed by atoms with Crippen LogP contribution in [0, 0.1) is 6.92 Å². The van der Waals surface area contributed by atoms with Crippen LogP contribution in [0.1, 0.15) is 27.9 Å². The second-order valence-corrected chi connectivity index (χ2v) is 4.93. The number of aryl methyl sites for hydroxylation is 1. The molecule has 2 aromatic rings. The first-order chi connectivity index (χ1) is 9.15. The summed E-state index contributed by atoms with van der Waals surface area (Å²) in [6, 6.07) is 9.19. The maximum Gasteiger partial charge on any atom is 0.172 e. The summed E-state index contributed by atoms with van der Waals surface area (Å²) in [5.74, 6) is 0.566. The number of benzene rings is 1. The number of pyridine rings is 1. The molecular formula is C15H11ClN2O. The summed E-state index contributed by atoms with van der Waals surface area (Å²) in [5.41, 5.74) is 3.14. The molecule has 0 saturated heterocycles. The Labute approximate surface area is 116 Å². The van der Waals surface area contributed by atoms with E-state index in [9.17, 15) is 4.79 Å². The van der Waals surface area contributed by atoms with Crippen molar-refractivity contribution >= 4 is 28.9 Å². The van der Waals surface area contributed by atoms with Crippen molar-refractivity contribution in [3.63, 3.8) is 0 Å². The van der Waals surface area contributed by atoms with Crippen molar-refractivity contribution in [3.8, 4) is 0 Å². The van der Waals surface area contributed by atoms with Crippen molar-refractivity contribution in [2.45, 2.75) is 13.3 Å². The van der Waals surface area contributed by atoms with Gasteiger partial charge >= 0.3 is 0 Å². The Kier molecular flexibility index (Phi) is 2.91. The number of carbonyl (C=O) groups is 1. The van der Waals surface area contributed by atoms with Crippen molar-refractivity contribution < 1.29 is 4.79 Å². The smallest absolute Gasteiger partial charge is 0.172 e. The van der Waals surface area contributed by atoms with Crippen LogP contribution in [0.15, 0.2) is 41.5 Å². The molecule has 1 aliphatic rings.